The van der Waals surface area contributed by atoms with E-state index in [2.05, 4.69) is 18.2 Å². The van der Waals surface area contributed by atoms with Crippen molar-refractivity contribution in [3.8, 4) is 5.75 Å². The molecule has 0 amide bonds. The number of rotatable bonds is 3. The first kappa shape index (κ1) is 12.0. The lowest BCUT2D eigenvalue weighted by molar-refractivity contribution is 0.133. The van der Waals surface area contributed by atoms with Crippen LogP contribution in [0.25, 0.3) is 0 Å². The van der Waals surface area contributed by atoms with Crippen molar-refractivity contribution in [3.63, 3.8) is 0 Å². The maximum atomic E-state index is 6.13. The Hall–Kier alpha value is -1.02. The maximum absolute atomic E-state index is 6.13. The first-order valence-corrected chi connectivity index (χ1v) is 7.33. The monoisotopic (exact) mass is 245 g/mol. The topological polar surface area (TPSA) is 35.2 Å². The molecule has 0 aromatic heterocycles. The van der Waals surface area contributed by atoms with E-state index < -0.39 is 0 Å². The van der Waals surface area contributed by atoms with E-state index in [1.54, 1.807) is 0 Å². The zero-order chi connectivity index (χ0) is 12.4. The van der Waals surface area contributed by atoms with Gasteiger partial charge in [0.2, 0.25) is 0 Å². The van der Waals surface area contributed by atoms with E-state index in [-0.39, 0.29) is 0 Å². The number of aryl methyl sites for hydroxylation is 2. The minimum Gasteiger partial charge on any atom is -0.490 e. The molecule has 18 heavy (non-hydrogen) atoms. The van der Waals surface area contributed by atoms with Crippen LogP contribution in [0.4, 0.5) is 0 Å². The zero-order valence-corrected chi connectivity index (χ0v) is 11.0. The van der Waals surface area contributed by atoms with Crippen molar-refractivity contribution in [2.45, 2.75) is 51.0 Å². The third-order valence-corrected chi connectivity index (χ3v) is 4.50. The Bertz CT molecular complexity index is 408. The molecule has 1 aromatic rings. The molecule has 1 fully saturated rings. The fourth-order valence-corrected chi connectivity index (χ4v) is 3.30. The van der Waals surface area contributed by atoms with Crippen molar-refractivity contribution in [1.29, 1.82) is 0 Å². The lowest BCUT2D eigenvalue weighted by atomic mass is 9.87. The fraction of sp³-hybridized carbons (Fsp3) is 0.625. The standard InChI is InChI=1S/C16H23NO/c17-11-12-4-7-15(8-5-12)18-16-9-6-13-2-1-3-14(13)10-16/h6,9-10,12,15H,1-5,7-8,11,17H2. The predicted molar refractivity (Wildman–Crippen MR) is 73.9 cm³/mol. The number of ether oxygens (including phenoxy) is 1. The minimum atomic E-state index is 0.409. The second kappa shape index (κ2) is 5.31. The summed E-state index contributed by atoms with van der Waals surface area (Å²) in [6, 6.07) is 6.67. The van der Waals surface area contributed by atoms with Gasteiger partial charge in [-0.05, 0) is 80.7 Å². The highest BCUT2D eigenvalue weighted by Gasteiger charge is 2.21. The second-order valence-corrected chi connectivity index (χ2v) is 5.78. The summed E-state index contributed by atoms with van der Waals surface area (Å²) in [7, 11) is 0. The van der Waals surface area contributed by atoms with Crippen LogP contribution in [-0.4, -0.2) is 12.6 Å². The summed E-state index contributed by atoms with van der Waals surface area (Å²) in [5.41, 5.74) is 8.75. The number of fused-ring (bicyclic) bond motifs is 1. The number of hydrogen-bond donors (Lipinski definition) is 1. The average molecular weight is 245 g/mol. The summed E-state index contributed by atoms with van der Waals surface area (Å²) >= 11 is 0. The molecule has 2 N–H and O–H groups in total. The Morgan fingerprint density at radius 3 is 2.61 bits per heavy atom. The Labute approximate surface area is 110 Å². The fourth-order valence-electron chi connectivity index (χ4n) is 3.30. The van der Waals surface area contributed by atoms with Crippen molar-refractivity contribution in [2.24, 2.45) is 11.7 Å². The van der Waals surface area contributed by atoms with E-state index in [1.807, 2.05) is 0 Å². The minimum absolute atomic E-state index is 0.409. The molecule has 0 saturated heterocycles. The van der Waals surface area contributed by atoms with Crippen molar-refractivity contribution in [3.05, 3.63) is 29.3 Å². The van der Waals surface area contributed by atoms with Gasteiger partial charge < -0.3 is 10.5 Å². The molecule has 2 heteroatoms. The molecule has 3 rings (SSSR count). The molecule has 0 heterocycles. The smallest absolute Gasteiger partial charge is 0.120 e. The van der Waals surface area contributed by atoms with Gasteiger partial charge in [0.25, 0.3) is 0 Å². The largest absolute Gasteiger partial charge is 0.490 e. The normalized spacial score (nSPS) is 26.9. The molecule has 98 valence electrons. The van der Waals surface area contributed by atoms with Gasteiger partial charge in [-0.25, -0.2) is 0 Å². The Balaban J connectivity index is 1.60. The van der Waals surface area contributed by atoms with Crippen LogP contribution in [0.2, 0.25) is 0 Å². The summed E-state index contributed by atoms with van der Waals surface area (Å²) in [5, 5.41) is 0. The first-order chi connectivity index (χ1) is 8.85. The SMILES string of the molecule is NCC1CCC(Oc2ccc3c(c2)CCC3)CC1. The van der Waals surface area contributed by atoms with Crippen LogP contribution >= 0.6 is 0 Å². The molecule has 0 atom stereocenters. The van der Waals surface area contributed by atoms with Crippen LogP contribution < -0.4 is 10.5 Å². The average Bonchev–Trinajstić information content (AvgIpc) is 2.87. The number of hydrogen-bond acceptors (Lipinski definition) is 2. The van der Waals surface area contributed by atoms with Gasteiger partial charge in [0.1, 0.15) is 5.75 Å². The van der Waals surface area contributed by atoms with Crippen LogP contribution in [0.3, 0.4) is 0 Å². The Kier molecular flexibility index (Phi) is 3.55. The summed E-state index contributed by atoms with van der Waals surface area (Å²) in [6.07, 6.45) is 8.98. The van der Waals surface area contributed by atoms with Gasteiger partial charge in [-0.2, -0.15) is 0 Å². The molecule has 2 nitrogen and oxygen atoms in total. The molecular formula is C16H23NO. The van der Waals surface area contributed by atoms with E-state index in [9.17, 15) is 0 Å². The molecule has 1 saturated carbocycles. The molecule has 2 aliphatic rings. The predicted octanol–water partition coefficient (Wildman–Crippen LogP) is 3.07. The highest BCUT2D eigenvalue weighted by molar-refractivity contribution is 5.38. The van der Waals surface area contributed by atoms with E-state index >= 15 is 0 Å². The van der Waals surface area contributed by atoms with Gasteiger partial charge in [-0.1, -0.05) is 6.07 Å². The van der Waals surface area contributed by atoms with Gasteiger partial charge in [-0.15, -0.1) is 0 Å². The zero-order valence-electron chi connectivity index (χ0n) is 11.0. The number of nitrogens with two attached hydrogens (primary N) is 1. The highest BCUT2D eigenvalue weighted by Crippen LogP contribution is 2.30. The summed E-state index contributed by atoms with van der Waals surface area (Å²) in [5.74, 6) is 1.80. The lowest BCUT2D eigenvalue weighted by Gasteiger charge is -2.28. The molecule has 1 aromatic carbocycles. The Morgan fingerprint density at radius 1 is 1.06 bits per heavy atom. The van der Waals surface area contributed by atoms with E-state index in [4.69, 9.17) is 10.5 Å². The van der Waals surface area contributed by atoms with Crippen LogP contribution in [-0.2, 0) is 12.8 Å². The molecule has 0 bridgehead atoms. The van der Waals surface area contributed by atoms with Crippen LogP contribution in [0.5, 0.6) is 5.75 Å². The van der Waals surface area contributed by atoms with Crippen LogP contribution in [0, 0.1) is 5.92 Å². The quantitative estimate of drug-likeness (QED) is 0.888. The third kappa shape index (κ3) is 2.54. The molecule has 2 aliphatic carbocycles. The van der Waals surface area contributed by atoms with E-state index in [0.717, 1.165) is 18.2 Å². The van der Waals surface area contributed by atoms with Gasteiger partial charge >= 0.3 is 0 Å². The van der Waals surface area contributed by atoms with Crippen molar-refractivity contribution >= 4 is 0 Å². The van der Waals surface area contributed by atoms with Crippen molar-refractivity contribution < 1.29 is 4.74 Å². The van der Waals surface area contributed by atoms with Gasteiger partial charge in [0.15, 0.2) is 0 Å². The van der Waals surface area contributed by atoms with Crippen molar-refractivity contribution in [1.82, 2.24) is 0 Å². The number of benzene rings is 1. The summed E-state index contributed by atoms with van der Waals surface area (Å²) in [6.45, 7) is 0.839. The third-order valence-electron chi connectivity index (χ3n) is 4.50. The first-order valence-electron chi connectivity index (χ1n) is 7.33. The molecule has 0 aliphatic heterocycles. The van der Waals surface area contributed by atoms with Crippen LogP contribution in [0.15, 0.2) is 18.2 Å². The van der Waals surface area contributed by atoms with Crippen molar-refractivity contribution in [2.75, 3.05) is 6.54 Å². The van der Waals surface area contributed by atoms with E-state index in [0.29, 0.717) is 6.10 Å². The Morgan fingerprint density at radius 2 is 1.83 bits per heavy atom. The lowest BCUT2D eigenvalue weighted by Crippen LogP contribution is -2.27. The molecule has 0 spiro atoms. The molecule has 0 radical (unpaired) electrons. The summed E-state index contributed by atoms with van der Waals surface area (Å²) in [4.78, 5) is 0. The second-order valence-electron chi connectivity index (χ2n) is 5.78. The molecular weight excluding hydrogens is 222 g/mol. The van der Waals surface area contributed by atoms with Gasteiger partial charge in [0.05, 0.1) is 6.10 Å². The van der Waals surface area contributed by atoms with Crippen LogP contribution in [0.1, 0.15) is 43.2 Å². The van der Waals surface area contributed by atoms with E-state index in [1.165, 1.54) is 56.1 Å². The molecule has 0 unspecified atom stereocenters. The maximum Gasteiger partial charge on any atom is 0.120 e. The summed E-state index contributed by atoms with van der Waals surface area (Å²) < 4.78 is 6.13. The van der Waals surface area contributed by atoms with Gasteiger partial charge in [-0.3, -0.25) is 0 Å². The van der Waals surface area contributed by atoms with Gasteiger partial charge in [0, 0.05) is 0 Å². The highest BCUT2D eigenvalue weighted by atomic mass is 16.5.